The molecule has 1 fully saturated rings. The Morgan fingerprint density at radius 1 is 1.03 bits per heavy atom. The number of thiazole rings is 1. The number of pyridine rings is 1. The number of benzene rings is 1. The van der Waals surface area contributed by atoms with E-state index in [1.165, 1.54) is 22.5 Å². The van der Waals surface area contributed by atoms with Crippen molar-refractivity contribution in [2.45, 2.75) is 64.2 Å². The molecule has 1 aromatic carbocycles. The number of rotatable bonds is 8. The van der Waals surface area contributed by atoms with Gasteiger partial charge in [0.05, 0.1) is 34.3 Å². The molecule has 206 valence electrons. The highest BCUT2D eigenvalue weighted by Gasteiger charge is 2.41. The maximum absolute atomic E-state index is 10.7. The topological polar surface area (TPSA) is 136 Å². The number of aliphatic hydroxyl groups is 3. The Labute approximate surface area is 232 Å². The maximum atomic E-state index is 10.7. The van der Waals surface area contributed by atoms with E-state index in [0.717, 1.165) is 32.9 Å². The lowest BCUT2D eigenvalue weighted by molar-refractivity contribution is 0.00446. The van der Waals surface area contributed by atoms with Gasteiger partial charge in [-0.05, 0) is 42.4 Å². The molecule has 0 radical (unpaired) electrons. The van der Waals surface area contributed by atoms with Gasteiger partial charge in [0.1, 0.15) is 22.4 Å². The van der Waals surface area contributed by atoms with Crippen molar-refractivity contribution in [3.63, 3.8) is 0 Å². The fourth-order valence-corrected chi connectivity index (χ4v) is 6.04. The lowest BCUT2D eigenvalue weighted by Gasteiger charge is -2.21. The molecule has 5 rings (SSSR count). The SMILES string of the molecule is Cc1nc(NCCc2ccc(C(C)(C)C)cc2)nc(N[C@@H]2C[C@H](CO)[C@@H](O)[C@H]2O)c1-c1nc2cnccc2s1. The first-order valence-corrected chi connectivity index (χ1v) is 14.1. The lowest BCUT2D eigenvalue weighted by Crippen LogP contribution is -2.35. The summed E-state index contributed by atoms with van der Waals surface area (Å²) in [5, 5.41) is 38.1. The van der Waals surface area contributed by atoms with E-state index in [-0.39, 0.29) is 12.0 Å². The summed E-state index contributed by atoms with van der Waals surface area (Å²) in [6.07, 6.45) is 2.66. The Kier molecular flexibility index (Phi) is 7.82. The second kappa shape index (κ2) is 11.1. The molecule has 0 amide bonds. The molecule has 1 aliphatic rings. The van der Waals surface area contributed by atoms with E-state index in [1.54, 1.807) is 12.4 Å². The Morgan fingerprint density at radius 3 is 2.46 bits per heavy atom. The monoisotopic (exact) mass is 548 g/mol. The molecular weight excluding hydrogens is 512 g/mol. The molecule has 9 nitrogen and oxygen atoms in total. The summed E-state index contributed by atoms with van der Waals surface area (Å²) in [5.41, 5.74) is 4.92. The summed E-state index contributed by atoms with van der Waals surface area (Å²) in [4.78, 5) is 18.5. The zero-order chi connectivity index (χ0) is 27.7. The number of nitrogens with zero attached hydrogens (tertiary/aromatic N) is 4. The number of aryl methyl sites for hydroxylation is 1. The van der Waals surface area contributed by atoms with Crippen LogP contribution in [0.25, 0.3) is 20.8 Å². The van der Waals surface area contributed by atoms with E-state index >= 15 is 0 Å². The first kappa shape index (κ1) is 27.4. The van der Waals surface area contributed by atoms with E-state index in [9.17, 15) is 15.3 Å². The quantitative estimate of drug-likeness (QED) is 0.222. The zero-order valence-corrected chi connectivity index (χ0v) is 23.5. The first-order chi connectivity index (χ1) is 18.6. The van der Waals surface area contributed by atoms with Crippen LogP contribution in [0, 0.1) is 12.8 Å². The van der Waals surface area contributed by atoms with Gasteiger partial charge >= 0.3 is 0 Å². The van der Waals surface area contributed by atoms with Crippen LogP contribution in [-0.2, 0) is 11.8 Å². The van der Waals surface area contributed by atoms with Crippen LogP contribution in [0.2, 0.25) is 0 Å². The average molecular weight is 549 g/mol. The van der Waals surface area contributed by atoms with Gasteiger partial charge in [0.2, 0.25) is 5.95 Å². The smallest absolute Gasteiger partial charge is 0.224 e. The molecule has 0 bridgehead atoms. The molecule has 39 heavy (non-hydrogen) atoms. The normalized spacial score (nSPS) is 21.4. The van der Waals surface area contributed by atoms with E-state index in [0.29, 0.717) is 24.7 Å². The second-order valence-corrected chi connectivity index (χ2v) is 12.3. The van der Waals surface area contributed by atoms with Crippen LogP contribution < -0.4 is 10.6 Å². The van der Waals surface area contributed by atoms with Gasteiger partial charge in [-0.3, -0.25) is 4.98 Å². The first-order valence-electron chi connectivity index (χ1n) is 13.3. The van der Waals surface area contributed by atoms with E-state index in [1.807, 2.05) is 13.0 Å². The fraction of sp³-hybridized carbons (Fsp3) is 0.448. The molecule has 5 N–H and O–H groups in total. The van der Waals surface area contributed by atoms with E-state index in [2.05, 4.69) is 60.7 Å². The van der Waals surface area contributed by atoms with Gasteiger partial charge in [0.25, 0.3) is 0 Å². The number of anilines is 2. The van der Waals surface area contributed by atoms with Crippen LogP contribution in [0.3, 0.4) is 0 Å². The number of hydrogen-bond acceptors (Lipinski definition) is 10. The maximum Gasteiger partial charge on any atom is 0.224 e. The van der Waals surface area contributed by atoms with Gasteiger partial charge < -0.3 is 26.0 Å². The molecular formula is C29H36N6O3S. The number of aromatic nitrogens is 4. The van der Waals surface area contributed by atoms with Crippen molar-refractivity contribution < 1.29 is 15.3 Å². The molecule has 0 aliphatic heterocycles. The molecule has 1 aliphatic carbocycles. The number of nitrogens with one attached hydrogen (secondary N) is 2. The van der Waals surface area contributed by atoms with Crippen molar-refractivity contribution in [1.29, 1.82) is 0 Å². The standard InChI is InChI=1S/C29H36N6O3S/c1-16-23(27-34-21-14-30-11-10-22(21)39-27)26(33-20-13-18(15-36)24(37)25(20)38)35-28(32-16)31-12-9-17-5-7-19(8-6-17)29(2,3)4/h5-8,10-11,14,18,20,24-25,36-38H,9,12-13,15H2,1-4H3,(H2,31,32,33,35)/t18-,20-,24-,25+/m1/s1. The molecule has 3 heterocycles. The summed E-state index contributed by atoms with van der Waals surface area (Å²) >= 11 is 1.52. The van der Waals surface area contributed by atoms with Crippen molar-refractivity contribution in [1.82, 2.24) is 19.9 Å². The van der Waals surface area contributed by atoms with Crippen LogP contribution in [0.5, 0.6) is 0 Å². The predicted molar refractivity (Wildman–Crippen MR) is 155 cm³/mol. The minimum absolute atomic E-state index is 0.118. The number of aliphatic hydroxyl groups excluding tert-OH is 3. The third-order valence-electron chi connectivity index (χ3n) is 7.37. The van der Waals surface area contributed by atoms with Gasteiger partial charge in [0, 0.05) is 25.3 Å². The third kappa shape index (κ3) is 5.89. The van der Waals surface area contributed by atoms with Gasteiger partial charge in [-0.15, -0.1) is 11.3 Å². The van der Waals surface area contributed by atoms with Crippen LogP contribution >= 0.6 is 11.3 Å². The lowest BCUT2D eigenvalue weighted by atomic mass is 9.86. The van der Waals surface area contributed by atoms with Crippen LogP contribution in [-0.4, -0.2) is 66.7 Å². The van der Waals surface area contributed by atoms with E-state index < -0.39 is 24.2 Å². The van der Waals surface area contributed by atoms with Crippen molar-refractivity contribution in [3.05, 3.63) is 59.5 Å². The Morgan fingerprint density at radius 2 is 1.79 bits per heavy atom. The van der Waals surface area contributed by atoms with Crippen molar-refractivity contribution in [3.8, 4) is 10.6 Å². The predicted octanol–water partition coefficient (Wildman–Crippen LogP) is 3.92. The Hall–Kier alpha value is -3.18. The summed E-state index contributed by atoms with van der Waals surface area (Å²) in [7, 11) is 0. The van der Waals surface area contributed by atoms with Crippen molar-refractivity contribution >= 4 is 33.3 Å². The van der Waals surface area contributed by atoms with Gasteiger partial charge in [-0.1, -0.05) is 45.0 Å². The van der Waals surface area contributed by atoms with Crippen LogP contribution in [0.1, 0.15) is 44.0 Å². The highest BCUT2D eigenvalue weighted by molar-refractivity contribution is 7.21. The summed E-state index contributed by atoms with van der Waals surface area (Å²) < 4.78 is 1.00. The number of fused-ring (bicyclic) bond motifs is 1. The molecule has 4 aromatic rings. The number of hydrogen-bond donors (Lipinski definition) is 5. The third-order valence-corrected chi connectivity index (χ3v) is 8.42. The summed E-state index contributed by atoms with van der Waals surface area (Å²) in [5.74, 6) is 0.598. The molecule has 0 unspecified atom stereocenters. The molecule has 1 saturated carbocycles. The summed E-state index contributed by atoms with van der Waals surface area (Å²) in [6, 6.07) is 10.1. The van der Waals surface area contributed by atoms with Crippen LogP contribution in [0.15, 0.2) is 42.7 Å². The summed E-state index contributed by atoms with van der Waals surface area (Å²) in [6.45, 7) is 8.99. The minimum Gasteiger partial charge on any atom is -0.396 e. The zero-order valence-electron chi connectivity index (χ0n) is 22.7. The molecule has 0 saturated heterocycles. The largest absolute Gasteiger partial charge is 0.396 e. The van der Waals surface area contributed by atoms with Crippen molar-refractivity contribution in [2.75, 3.05) is 23.8 Å². The Balaban J connectivity index is 1.40. The minimum atomic E-state index is -1.03. The highest BCUT2D eigenvalue weighted by atomic mass is 32.1. The van der Waals surface area contributed by atoms with E-state index in [4.69, 9.17) is 15.0 Å². The highest BCUT2D eigenvalue weighted by Crippen LogP contribution is 2.38. The fourth-order valence-electron chi connectivity index (χ4n) is 5.01. The van der Waals surface area contributed by atoms with Crippen molar-refractivity contribution in [2.24, 2.45) is 5.92 Å². The van der Waals surface area contributed by atoms with Crippen LogP contribution in [0.4, 0.5) is 11.8 Å². The molecule has 10 heteroatoms. The average Bonchev–Trinajstić information content (AvgIpc) is 3.44. The molecule has 3 aromatic heterocycles. The van der Waals surface area contributed by atoms with Gasteiger partial charge in [0.15, 0.2) is 0 Å². The van der Waals surface area contributed by atoms with Gasteiger partial charge in [-0.2, -0.15) is 4.98 Å². The second-order valence-electron chi connectivity index (χ2n) is 11.3. The Bertz CT molecular complexity index is 1400. The van der Waals surface area contributed by atoms with Gasteiger partial charge in [-0.25, -0.2) is 9.97 Å². The molecule has 0 spiro atoms. The molecule has 4 atom stereocenters.